The zero-order valence-electron chi connectivity index (χ0n) is 11.6. The van der Waals surface area contributed by atoms with Gasteiger partial charge in [0.15, 0.2) is 0 Å². The number of nitrogens with zero attached hydrogens (tertiary/aromatic N) is 1. The van der Waals surface area contributed by atoms with Gasteiger partial charge in [-0.1, -0.05) is 0 Å². The summed E-state index contributed by atoms with van der Waals surface area (Å²) in [7, 11) is -2.33. The Hall–Kier alpha value is -1.33. The molecule has 0 aromatic heterocycles. The molecule has 1 aliphatic rings. The molecule has 1 fully saturated rings. The van der Waals surface area contributed by atoms with Crippen molar-refractivity contribution in [3.05, 3.63) is 23.8 Å². The highest BCUT2D eigenvalue weighted by molar-refractivity contribution is 7.89. The van der Waals surface area contributed by atoms with Crippen LogP contribution in [-0.4, -0.2) is 28.1 Å². The van der Waals surface area contributed by atoms with E-state index in [1.54, 1.807) is 0 Å². The number of ether oxygens (including phenoxy) is 1. The number of hydrogen-bond acceptors (Lipinski definition) is 5. The van der Waals surface area contributed by atoms with E-state index in [1.807, 2.05) is 6.07 Å². The molecule has 1 atom stereocenters. The number of rotatable bonds is 6. The minimum atomic E-state index is -3.69. The standard InChI is InChI=1S/C13H17N3O3S.ClH/c1-19-12-6-9(7-14)2-5-13(12)20(17,18)16-8-11(15)10-3-4-10;/h2,5-6,10-11,16H,3-4,8,15H2,1H3;1H. The van der Waals surface area contributed by atoms with Gasteiger partial charge in [-0.15, -0.1) is 12.4 Å². The first kappa shape index (κ1) is 17.7. The van der Waals surface area contributed by atoms with Gasteiger partial charge >= 0.3 is 0 Å². The third kappa shape index (κ3) is 4.32. The summed E-state index contributed by atoms with van der Waals surface area (Å²) in [6.45, 7) is 0.205. The summed E-state index contributed by atoms with van der Waals surface area (Å²) in [4.78, 5) is 0.0157. The van der Waals surface area contributed by atoms with Crippen LogP contribution in [0.5, 0.6) is 5.75 Å². The summed E-state index contributed by atoms with van der Waals surface area (Å²) in [5.74, 6) is 0.567. The van der Waals surface area contributed by atoms with E-state index in [2.05, 4.69) is 4.72 Å². The lowest BCUT2D eigenvalue weighted by atomic mass is 10.2. The van der Waals surface area contributed by atoms with Crippen LogP contribution in [0.4, 0.5) is 0 Å². The van der Waals surface area contributed by atoms with E-state index in [-0.39, 0.29) is 35.6 Å². The van der Waals surface area contributed by atoms with Crippen molar-refractivity contribution in [3.8, 4) is 11.8 Å². The molecule has 0 amide bonds. The number of methoxy groups -OCH3 is 1. The van der Waals surface area contributed by atoms with E-state index in [0.29, 0.717) is 11.5 Å². The van der Waals surface area contributed by atoms with Gasteiger partial charge in [0.1, 0.15) is 10.6 Å². The summed E-state index contributed by atoms with van der Waals surface area (Å²) in [5, 5.41) is 8.81. The van der Waals surface area contributed by atoms with Crippen LogP contribution in [0.3, 0.4) is 0 Å². The van der Waals surface area contributed by atoms with Gasteiger partial charge in [0.25, 0.3) is 0 Å². The molecule has 0 aliphatic heterocycles. The number of hydrogen-bond donors (Lipinski definition) is 2. The van der Waals surface area contributed by atoms with Gasteiger partial charge < -0.3 is 10.5 Å². The monoisotopic (exact) mass is 331 g/mol. The van der Waals surface area contributed by atoms with E-state index >= 15 is 0 Å². The summed E-state index contributed by atoms with van der Waals surface area (Å²) < 4.78 is 32.0. The maximum atomic E-state index is 12.2. The molecule has 1 aromatic rings. The minimum absolute atomic E-state index is 0. The van der Waals surface area contributed by atoms with Crippen molar-refractivity contribution >= 4 is 22.4 Å². The van der Waals surface area contributed by atoms with Crippen molar-refractivity contribution in [2.24, 2.45) is 11.7 Å². The molecule has 1 aromatic carbocycles. The van der Waals surface area contributed by atoms with E-state index in [0.717, 1.165) is 12.8 Å². The van der Waals surface area contributed by atoms with Crippen LogP contribution in [0.25, 0.3) is 0 Å². The summed E-state index contributed by atoms with van der Waals surface area (Å²) in [6.07, 6.45) is 2.12. The topological polar surface area (TPSA) is 105 Å². The molecule has 1 unspecified atom stereocenters. The number of sulfonamides is 1. The molecule has 116 valence electrons. The number of benzene rings is 1. The Kier molecular flexibility index (Phi) is 5.98. The third-order valence-electron chi connectivity index (χ3n) is 3.32. The molecule has 1 aliphatic carbocycles. The number of nitriles is 1. The molecule has 2 rings (SSSR count). The molecule has 21 heavy (non-hydrogen) atoms. The van der Waals surface area contributed by atoms with Crippen molar-refractivity contribution in [3.63, 3.8) is 0 Å². The van der Waals surface area contributed by atoms with Gasteiger partial charge in [-0.25, -0.2) is 13.1 Å². The SMILES string of the molecule is COc1cc(C#N)ccc1S(=O)(=O)NCC(N)C1CC1.Cl. The van der Waals surface area contributed by atoms with E-state index in [4.69, 9.17) is 15.7 Å². The van der Waals surface area contributed by atoms with Gasteiger partial charge in [0.05, 0.1) is 18.7 Å². The fraction of sp³-hybridized carbons (Fsp3) is 0.462. The Morgan fingerprint density at radius 1 is 1.52 bits per heavy atom. The lowest BCUT2D eigenvalue weighted by Crippen LogP contribution is -2.38. The maximum absolute atomic E-state index is 12.2. The normalized spacial score (nSPS) is 15.7. The highest BCUT2D eigenvalue weighted by Crippen LogP contribution is 2.31. The van der Waals surface area contributed by atoms with E-state index < -0.39 is 10.0 Å². The van der Waals surface area contributed by atoms with Crippen LogP contribution < -0.4 is 15.2 Å². The first-order valence-electron chi connectivity index (χ1n) is 6.31. The van der Waals surface area contributed by atoms with Crippen LogP contribution in [0, 0.1) is 17.2 Å². The molecule has 0 heterocycles. The second-order valence-electron chi connectivity index (χ2n) is 4.83. The van der Waals surface area contributed by atoms with E-state index in [9.17, 15) is 8.42 Å². The van der Waals surface area contributed by atoms with Crippen molar-refractivity contribution < 1.29 is 13.2 Å². The highest BCUT2D eigenvalue weighted by atomic mass is 35.5. The average Bonchev–Trinajstić information content (AvgIpc) is 3.28. The largest absolute Gasteiger partial charge is 0.495 e. The van der Waals surface area contributed by atoms with Crippen LogP contribution in [0.15, 0.2) is 23.1 Å². The van der Waals surface area contributed by atoms with Gasteiger partial charge in [0, 0.05) is 12.6 Å². The summed E-state index contributed by atoms with van der Waals surface area (Å²) in [5.41, 5.74) is 6.22. The number of nitrogens with two attached hydrogens (primary N) is 1. The molecular formula is C13H18ClN3O3S. The second-order valence-corrected chi connectivity index (χ2v) is 6.57. The van der Waals surface area contributed by atoms with Crippen LogP contribution in [0.1, 0.15) is 18.4 Å². The minimum Gasteiger partial charge on any atom is -0.495 e. The predicted molar refractivity (Wildman–Crippen MR) is 80.8 cm³/mol. The van der Waals surface area contributed by atoms with E-state index in [1.165, 1.54) is 25.3 Å². The Balaban J connectivity index is 0.00000220. The Morgan fingerprint density at radius 2 is 2.19 bits per heavy atom. The molecule has 8 heteroatoms. The first-order chi connectivity index (χ1) is 9.47. The number of halogens is 1. The molecule has 0 spiro atoms. The fourth-order valence-electron chi connectivity index (χ4n) is 1.93. The van der Waals surface area contributed by atoms with Crippen molar-refractivity contribution in [1.29, 1.82) is 5.26 Å². The lowest BCUT2D eigenvalue weighted by Gasteiger charge is -2.14. The smallest absolute Gasteiger partial charge is 0.244 e. The summed E-state index contributed by atoms with van der Waals surface area (Å²) >= 11 is 0. The van der Waals surface area contributed by atoms with Crippen molar-refractivity contribution in [2.75, 3.05) is 13.7 Å². The van der Waals surface area contributed by atoms with Crippen LogP contribution in [0.2, 0.25) is 0 Å². The maximum Gasteiger partial charge on any atom is 0.244 e. The molecule has 0 saturated heterocycles. The number of nitrogens with one attached hydrogen (secondary N) is 1. The Bertz CT molecular complexity index is 639. The summed E-state index contributed by atoms with van der Waals surface area (Å²) in [6, 6.07) is 5.98. The predicted octanol–water partition coefficient (Wildman–Crippen LogP) is 1.00. The van der Waals surface area contributed by atoms with Gasteiger partial charge in [-0.3, -0.25) is 0 Å². The van der Waals surface area contributed by atoms with Crippen LogP contribution in [-0.2, 0) is 10.0 Å². The molecular weight excluding hydrogens is 314 g/mol. The van der Waals surface area contributed by atoms with Crippen molar-refractivity contribution in [2.45, 2.75) is 23.8 Å². The van der Waals surface area contributed by atoms with Gasteiger partial charge in [-0.05, 0) is 37.0 Å². The van der Waals surface area contributed by atoms with Gasteiger partial charge in [0.2, 0.25) is 10.0 Å². The van der Waals surface area contributed by atoms with Crippen molar-refractivity contribution in [1.82, 2.24) is 4.72 Å². The molecule has 0 bridgehead atoms. The third-order valence-corrected chi connectivity index (χ3v) is 4.78. The first-order valence-corrected chi connectivity index (χ1v) is 7.79. The average molecular weight is 332 g/mol. The quantitative estimate of drug-likeness (QED) is 0.809. The fourth-order valence-corrected chi connectivity index (χ4v) is 3.16. The zero-order chi connectivity index (χ0) is 14.8. The van der Waals surface area contributed by atoms with Crippen LogP contribution >= 0.6 is 12.4 Å². The Labute approximate surface area is 130 Å². The molecule has 6 nitrogen and oxygen atoms in total. The second kappa shape index (κ2) is 7.09. The lowest BCUT2D eigenvalue weighted by molar-refractivity contribution is 0.402. The molecule has 3 N–H and O–H groups in total. The molecule has 0 radical (unpaired) electrons. The molecule has 1 saturated carbocycles. The highest BCUT2D eigenvalue weighted by Gasteiger charge is 2.30. The zero-order valence-corrected chi connectivity index (χ0v) is 13.2. The Morgan fingerprint density at radius 3 is 2.71 bits per heavy atom. The van der Waals surface area contributed by atoms with Gasteiger partial charge in [-0.2, -0.15) is 5.26 Å².